The Morgan fingerprint density at radius 3 is 2.55 bits per heavy atom. The fourth-order valence-electron chi connectivity index (χ4n) is 2.88. The number of aryl methyl sites for hydroxylation is 1. The Balaban J connectivity index is 2.09. The van der Waals surface area contributed by atoms with Gasteiger partial charge in [0.25, 0.3) is 10.0 Å². The number of aromatic nitrogens is 1. The number of hydrogen-bond acceptors (Lipinski definition) is 5. The van der Waals surface area contributed by atoms with E-state index in [0.29, 0.717) is 14.9 Å². The van der Waals surface area contributed by atoms with Gasteiger partial charge in [0.05, 0.1) is 23.0 Å². The van der Waals surface area contributed by atoms with E-state index in [2.05, 4.69) is 4.98 Å². The number of carbonyl (C=O) groups is 1. The van der Waals surface area contributed by atoms with Gasteiger partial charge in [-0.3, -0.25) is 9.10 Å². The number of halogens is 3. The zero-order valence-corrected chi connectivity index (χ0v) is 18.5. The van der Waals surface area contributed by atoms with Crippen molar-refractivity contribution in [3.63, 3.8) is 0 Å². The van der Waals surface area contributed by atoms with E-state index in [1.54, 1.807) is 0 Å². The van der Waals surface area contributed by atoms with Gasteiger partial charge >= 0.3 is 5.97 Å². The average molecular weight is 487 g/mol. The molecule has 1 heterocycles. The Kier molecular flexibility index (Phi) is 6.93. The van der Waals surface area contributed by atoms with E-state index >= 15 is 0 Å². The quantitative estimate of drug-likeness (QED) is 0.481. The molecule has 0 aliphatic heterocycles. The molecule has 0 saturated carbocycles. The van der Waals surface area contributed by atoms with Crippen molar-refractivity contribution >= 4 is 44.6 Å². The van der Waals surface area contributed by atoms with Gasteiger partial charge in [-0.2, -0.15) is 0 Å². The van der Waals surface area contributed by atoms with Crippen LogP contribution in [0, 0.1) is 11.6 Å². The number of anilines is 1. The summed E-state index contributed by atoms with van der Waals surface area (Å²) in [5.74, 6) is -2.70. The fraction of sp³-hybridized carbons (Fsp3) is 0.200. The summed E-state index contributed by atoms with van der Waals surface area (Å²) in [6.07, 6.45) is 1.56. The van der Waals surface area contributed by atoms with Crippen molar-refractivity contribution in [2.75, 3.05) is 4.31 Å². The first-order chi connectivity index (χ1) is 14.6. The maximum Gasteiger partial charge on any atom is 0.303 e. The molecule has 0 aliphatic carbocycles. The molecule has 0 fully saturated rings. The van der Waals surface area contributed by atoms with Gasteiger partial charge in [-0.25, -0.2) is 22.2 Å². The number of aliphatic carboxylic acids is 1. The monoisotopic (exact) mass is 486 g/mol. The summed E-state index contributed by atoms with van der Waals surface area (Å²) < 4.78 is 56.2. The van der Waals surface area contributed by atoms with Crippen LogP contribution in [0.1, 0.15) is 29.3 Å². The Morgan fingerprint density at radius 2 is 1.90 bits per heavy atom. The first-order valence-corrected chi connectivity index (χ1v) is 11.6. The molecule has 1 unspecified atom stereocenters. The van der Waals surface area contributed by atoms with Crippen LogP contribution in [0.5, 0.6) is 0 Å². The standard InChI is InChI=1S/C20H17ClF2N2O4S2/c1-12(20-24-11-15(30-20)5-9-19(26)27)25(18-10-14(22)4-8-17(18)23)31(28,29)16-6-2-13(21)3-7-16/h2-4,6-8,10-12H,5,9H2,1H3,(H,26,27). The highest BCUT2D eigenvalue weighted by Crippen LogP contribution is 2.37. The number of carboxylic acids is 1. The van der Waals surface area contributed by atoms with Crippen LogP contribution in [-0.2, 0) is 21.2 Å². The van der Waals surface area contributed by atoms with Crippen molar-refractivity contribution in [2.45, 2.75) is 30.7 Å². The Morgan fingerprint density at radius 1 is 1.23 bits per heavy atom. The number of benzene rings is 2. The Bertz CT molecular complexity index is 1200. The Hall–Kier alpha value is -2.56. The minimum atomic E-state index is -4.33. The number of sulfonamides is 1. The number of nitrogens with zero attached hydrogens (tertiary/aromatic N) is 2. The van der Waals surface area contributed by atoms with Crippen LogP contribution in [0.3, 0.4) is 0 Å². The maximum absolute atomic E-state index is 14.6. The highest BCUT2D eigenvalue weighted by atomic mass is 35.5. The van der Waals surface area contributed by atoms with E-state index in [9.17, 15) is 22.0 Å². The summed E-state index contributed by atoms with van der Waals surface area (Å²) in [7, 11) is -4.33. The maximum atomic E-state index is 14.6. The molecule has 1 atom stereocenters. The third-order valence-electron chi connectivity index (χ3n) is 4.38. The minimum Gasteiger partial charge on any atom is -0.481 e. The third-order valence-corrected chi connectivity index (χ3v) is 7.76. The molecule has 0 radical (unpaired) electrons. The molecule has 0 saturated heterocycles. The van der Waals surface area contributed by atoms with Crippen LogP contribution in [0.25, 0.3) is 0 Å². The zero-order valence-electron chi connectivity index (χ0n) is 16.1. The van der Waals surface area contributed by atoms with Gasteiger partial charge in [0.2, 0.25) is 0 Å². The molecule has 0 spiro atoms. The van der Waals surface area contributed by atoms with Crippen molar-refractivity contribution in [2.24, 2.45) is 0 Å². The molecule has 0 bridgehead atoms. The average Bonchev–Trinajstić information content (AvgIpc) is 3.18. The second kappa shape index (κ2) is 9.29. The van der Waals surface area contributed by atoms with Gasteiger partial charge in [0.15, 0.2) is 0 Å². The van der Waals surface area contributed by atoms with Crippen molar-refractivity contribution < 1.29 is 27.1 Å². The molecule has 11 heteroatoms. The van der Waals surface area contributed by atoms with Gasteiger partial charge in [-0.15, -0.1) is 11.3 Å². The zero-order chi connectivity index (χ0) is 22.8. The molecule has 0 aliphatic rings. The minimum absolute atomic E-state index is 0.110. The highest BCUT2D eigenvalue weighted by molar-refractivity contribution is 7.92. The molecule has 3 aromatic rings. The van der Waals surface area contributed by atoms with Crippen LogP contribution in [0.4, 0.5) is 14.5 Å². The van der Waals surface area contributed by atoms with E-state index in [1.807, 2.05) is 0 Å². The van der Waals surface area contributed by atoms with Crippen LogP contribution >= 0.6 is 22.9 Å². The topological polar surface area (TPSA) is 87.6 Å². The summed E-state index contributed by atoms with van der Waals surface area (Å²) in [6, 6.07) is 6.85. The van der Waals surface area contributed by atoms with Crippen LogP contribution in [0.2, 0.25) is 5.02 Å². The molecule has 6 nitrogen and oxygen atoms in total. The largest absolute Gasteiger partial charge is 0.481 e. The molecular formula is C20H17ClF2N2O4S2. The summed E-state index contributed by atoms with van der Waals surface area (Å²) in [6.45, 7) is 1.50. The molecule has 164 valence electrons. The Labute approximate surface area is 186 Å². The van der Waals surface area contributed by atoms with Crippen molar-refractivity contribution in [3.8, 4) is 0 Å². The van der Waals surface area contributed by atoms with Crippen LogP contribution < -0.4 is 4.31 Å². The van der Waals surface area contributed by atoms with Gasteiger partial charge < -0.3 is 5.11 Å². The lowest BCUT2D eigenvalue weighted by molar-refractivity contribution is -0.136. The van der Waals surface area contributed by atoms with E-state index in [1.165, 1.54) is 37.4 Å². The summed E-state index contributed by atoms with van der Waals surface area (Å²) in [4.78, 5) is 15.5. The van der Waals surface area contributed by atoms with Gasteiger partial charge in [0.1, 0.15) is 16.6 Å². The first kappa shape index (κ1) is 23.1. The lowest BCUT2D eigenvalue weighted by atomic mass is 10.2. The SMILES string of the molecule is CC(c1ncc(CCC(=O)O)s1)N(c1cc(F)ccc1F)S(=O)(=O)c1ccc(Cl)cc1. The lowest BCUT2D eigenvalue weighted by Crippen LogP contribution is -2.34. The predicted molar refractivity (Wildman–Crippen MR) is 114 cm³/mol. The second-order valence-corrected chi connectivity index (χ2v) is 9.98. The second-order valence-electron chi connectivity index (χ2n) is 6.59. The van der Waals surface area contributed by atoms with Crippen LogP contribution in [-0.4, -0.2) is 24.5 Å². The fourth-order valence-corrected chi connectivity index (χ4v) is 5.66. The molecule has 1 aromatic heterocycles. The molecule has 3 rings (SSSR count). The third kappa shape index (κ3) is 5.20. The van der Waals surface area contributed by atoms with Crippen molar-refractivity contribution in [1.82, 2.24) is 4.98 Å². The smallest absolute Gasteiger partial charge is 0.303 e. The first-order valence-electron chi connectivity index (χ1n) is 9.01. The molecule has 2 aromatic carbocycles. The van der Waals surface area contributed by atoms with Crippen molar-refractivity contribution in [1.29, 1.82) is 0 Å². The predicted octanol–water partition coefficient (Wildman–Crippen LogP) is 5.05. The number of hydrogen-bond donors (Lipinski definition) is 1. The van der Waals surface area contributed by atoms with E-state index in [4.69, 9.17) is 16.7 Å². The van der Waals surface area contributed by atoms with Crippen molar-refractivity contribution in [3.05, 3.63) is 75.2 Å². The number of carboxylic acid groups (broad SMARTS) is 1. The summed E-state index contributed by atoms with van der Waals surface area (Å²) >= 11 is 6.96. The molecule has 31 heavy (non-hydrogen) atoms. The highest BCUT2D eigenvalue weighted by Gasteiger charge is 2.34. The molecule has 0 amide bonds. The van der Waals surface area contributed by atoms with Gasteiger partial charge in [-0.05, 0) is 49.7 Å². The summed E-state index contributed by atoms with van der Waals surface area (Å²) in [5, 5.41) is 9.47. The van der Waals surface area contributed by atoms with Crippen LogP contribution in [0.15, 0.2) is 53.6 Å². The molecular weight excluding hydrogens is 470 g/mol. The van der Waals surface area contributed by atoms with Gasteiger partial charge in [0, 0.05) is 22.2 Å². The normalized spacial score (nSPS) is 12.5. The number of rotatable bonds is 8. The van der Waals surface area contributed by atoms with E-state index < -0.39 is 39.4 Å². The van der Waals surface area contributed by atoms with E-state index in [-0.39, 0.29) is 17.7 Å². The van der Waals surface area contributed by atoms with Gasteiger partial charge in [-0.1, -0.05) is 11.6 Å². The van der Waals surface area contributed by atoms with E-state index in [0.717, 1.165) is 33.8 Å². The molecule has 1 N–H and O–H groups in total. The summed E-state index contributed by atoms with van der Waals surface area (Å²) in [5.41, 5.74) is -0.468. The lowest BCUT2D eigenvalue weighted by Gasteiger charge is -2.29. The number of thiazole rings is 1.